The molecule has 0 radical (unpaired) electrons. The Morgan fingerprint density at radius 2 is 2.21 bits per heavy atom. The summed E-state index contributed by atoms with van der Waals surface area (Å²) in [6.45, 7) is 1.24. The van der Waals surface area contributed by atoms with Crippen LogP contribution >= 0.6 is 11.3 Å². The van der Waals surface area contributed by atoms with Gasteiger partial charge in [0.05, 0.1) is 12.7 Å². The summed E-state index contributed by atoms with van der Waals surface area (Å²) >= 11 is 1.12. The lowest BCUT2D eigenvalue weighted by atomic mass is 10.0. The lowest BCUT2D eigenvalue weighted by molar-refractivity contribution is -0.126. The van der Waals surface area contributed by atoms with E-state index < -0.39 is 18.3 Å². The highest BCUT2D eigenvalue weighted by Gasteiger charge is 2.28. The Hall–Kier alpha value is -1.54. The molecule has 2 rings (SSSR count). The molecule has 0 unspecified atom stereocenters. The minimum atomic E-state index is -3.12. The first-order chi connectivity index (χ1) is 9.04. The normalized spacial score (nSPS) is 14.1. The molecule has 0 saturated heterocycles. The molecular formula is C11H12F2N2O3S. The lowest BCUT2D eigenvalue weighted by Crippen LogP contribution is -2.24. The average molecular weight is 290 g/mol. The fourth-order valence-corrected chi connectivity index (χ4v) is 3.12. The first-order valence-electron chi connectivity index (χ1n) is 5.57. The Morgan fingerprint density at radius 3 is 2.84 bits per heavy atom. The summed E-state index contributed by atoms with van der Waals surface area (Å²) in [5.41, 5.74) is 0.957. The van der Waals surface area contributed by atoms with Gasteiger partial charge in [-0.1, -0.05) is 0 Å². The fourth-order valence-electron chi connectivity index (χ4n) is 1.91. The highest BCUT2D eigenvalue weighted by Crippen LogP contribution is 2.36. The second-order valence-corrected chi connectivity index (χ2v) is 5.02. The standard InChI is InChI=1S/C11H12F2N2O3S/c1-18-11(17)7-5-2-3-14-4-6(5)19-10(7)15-9(16)8(12)13/h8,14H,2-4H2,1H3,(H,15,16). The highest BCUT2D eigenvalue weighted by molar-refractivity contribution is 7.17. The molecule has 104 valence electrons. The summed E-state index contributed by atoms with van der Waals surface area (Å²) in [5, 5.41) is 5.33. The van der Waals surface area contributed by atoms with Crippen LogP contribution in [-0.4, -0.2) is 32.0 Å². The van der Waals surface area contributed by atoms with Crippen molar-refractivity contribution in [3.8, 4) is 0 Å². The van der Waals surface area contributed by atoms with Crippen LogP contribution in [0.5, 0.6) is 0 Å². The maximum atomic E-state index is 12.3. The molecule has 0 aliphatic carbocycles. The number of carbonyl (C=O) groups is 2. The molecule has 1 amide bonds. The van der Waals surface area contributed by atoms with E-state index in [0.717, 1.165) is 21.8 Å². The predicted octanol–water partition coefficient (Wildman–Crippen LogP) is 1.38. The Labute approximate surface area is 111 Å². The third-order valence-corrected chi connectivity index (χ3v) is 3.90. The molecule has 0 aromatic carbocycles. The number of thiophene rings is 1. The van der Waals surface area contributed by atoms with Crippen molar-refractivity contribution in [2.75, 3.05) is 19.0 Å². The monoisotopic (exact) mass is 290 g/mol. The molecule has 5 nitrogen and oxygen atoms in total. The molecular weight excluding hydrogens is 278 g/mol. The number of anilines is 1. The number of fused-ring (bicyclic) bond motifs is 1. The average Bonchev–Trinajstić information content (AvgIpc) is 2.75. The first-order valence-corrected chi connectivity index (χ1v) is 6.38. The molecule has 0 bridgehead atoms. The van der Waals surface area contributed by atoms with Crippen LogP contribution in [0.15, 0.2) is 0 Å². The van der Waals surface area contributed by atoms with Crippen LogP contribution in [-0.2, 0) is 22.5 Å². The number of hydrogen-bond acceptors (Lipinski definition) is 5. The van der Waals surface area contributed by atoms with Gasteiger partial charge in [-0.15, -0.1) is 11.3 Å². The van der Waals surface area contributed by atoms with E-state index in [1.807, 2.05) is 0 Å². The fraction of sp³-hybridized carbons (Fsp3) is 0.455. The van der Waals surface area contributed by atoms with Crippen LogP contribution in [0.3, 0.4) is 0 Å². The van der Waals surface area contributed by atoms with Crippen molar-refractivity contribution in [1.82, 2.24) is 5.32 Å². The molecule has 1 aromatic heterocycles. The van der Waals surface area contributed by atoms with Crippen molar-refractivity contribution in [1.29, 1.82) is 0 Å². The van der Waals surface area contributed by atoms with Crippen molar-refractivity contribution >= 4 is 28.2 Å². The molecule has 0 atom stereocenters. The molecule has 1 aliphatic heterocycles. The maximum Gasteiger partial charge on any atom is 0.341 e. The molecule has 0 spiro atoms. The van der Waals surface area contributed by atoms with Gasteiger partial charge < -0.3 is 15.4 Å². The predicted molar refractivity (Wildman–Crippen MR) is 65.7 cm³/mol. The van der Waals surface area contributed by atoms with Gasteiger partial charge in [0.1, 0.15) is 5.00 Å². The van der Waals surface area contributed by atoms with Gasteiger partial charge in [-0.2, -0.15) is 8.78 Å². The minimum absolute atomic E-state index is 0.130. The Morgan fingerprint density at radius 1 is 1.47 bits per heavy atom. The van der Waals surface area contributed by atoms with E-state index in [-0.39, 0.29) is 10.6 Å². The summed E-state index contributed by atoms with van der Waals surface area (Å²) in [6.07, 6.45) is -2.52. The van der Waals surface area contributed by atoms with Gasteiger partial charge in [0.25, 0.3) is 5.91 Å². The summed E-state index contributed by atoms with van der Waals surface area (Å²) in [6, 6.07) is 0. The van der Waals surface area contributed by atoms with Crippen molar-refractivity contribution in [2.24, 2.45) is 0 Å². The number of alkyl halides is 2. The van der Waals surface area contributed by atoms with E-state index in [1.165, 1.54) is 7.11 Å². The number of carbonyl (C=O) groups excluding carboxylic acids is 2. The number of hydrogen-bond donors (Lipinski definition) is 2. The van der Waals surface area contributed by atoms with Gasteiger partial charge in [0.15, 0.2) is 0 Å². The number of esters is 1. The minimum Gasteiger partial charge on any atom is -0.465 e. The number of amides is 1. The van der Waals surface area contributed by atoms with Gasteiger partial charge in [0.2, 0.25) is 0 Å². The molecule has 0 saturated carbocycles. The number of halogens is 2. The maximum absolute atomic E-state index is 12.3. The Kier molecular flexibility index (Phi) is 4.11. The zero-order chi connectivity index (χ0) is 14.0. The molecule has 19 heavy (non-hydrogen) atoms. The molecule has 1 aromatic rings. The molecule has 2 heterocycles. The van der Waals surface area contributed by atoms with Crippen molar-refractivity contribution in [3.63, 3.8) is 0 Å². The molecule has 0 fully saturated rings. The van der Waals surface area contributed by atoms with E-state index in [0.29, 0.717) is 19.5 Å². The van der Waals surface area contributed by atoms with Gasteiger partial charge in [-0.05, 0) is 18.5 Å². The van der Waals surface area contributed by atoms with Gasteiger partial charge in [-0.3, -0.25) is 4.79 Å². The number of ether oxygens (including phenoxy) is 1. The van der Waals surface area contributed by atoms with Crippen LogP contribution in [0, 0.1) is 0 Å². The SMILES string of the molecule is COC(=O)c1c(NC(=O)C(F)F)sc2c1CCNC2. The van der Waals surface area contributed by atoms with E-state index in [1.54, 1.807) is 0 Å². The Balaban J connectivity index is 2.39. The topological polar surface area (TPSA) is 67.4 Å². The summed E-state index contributed by atoms with van der Waals surface area (Å²) in [4.78, 5) is 23.7. The molecule has 8 heteroatoms. The molecule has 2 N–H and O–H groups in total. The van der Waals surface area contributed by atoms with Crippen molar-refractivity contribution in [3.05, 3.63) is 16.0 Å². The zero-order valence-electron chi connectivity index (χ0n) is 10.1. The second kappa shape index (κ2) is 5.62. The summed E-state index contributed by atoms with van der Waals surface area (Å²) < 4.78 is 29.2. The van der Waals surface area contributed by atoms with E-state index in [9.17, 15) is 18.4 Å². The van der Waals surface area contributed by atoms with Crippen LogP contribution in [0.1, 0.15) is 20.8 Å². The van der Waals surface area contributed by atoms with Crippen molar-refractivity contribution < 1.29 is 23.1 Å². The Bertz CT molecular complexity index is 516. The number of rotatable bonds is 3. The first kappa shape index (κ1) is 13.9. The second-order valence-electron chi connectivity index (χ2n) is 3.92. The van der Waals surface area contributed by atoms with E-state index in [2.05, 4.69) is 15.4 Å². The largest absolute Gasteiger partial charge is 0.465 e. The smallest absolute Gasteiger partial charge is 0.341 e. The molecule has 1 aliphatic rings. The lowest BCUT2D eigenvalue weighted by Gasteiger charge is -2.13. The van der Waals surface area contributed by atoms with Crippen LogP contribution in [0.2, 0.25) is 0 Å². The van der Waals surface area contributed by atoms with E-state index in [4.69, 9.17) is 0 Å². The third-order valence-electron chi connectivity index (χ3n) is 2.75. The van der Waals surface area contributed by atoms with Crippen LogP contribution < -0.4 is 10.6 Å². The van der Waals surface area contributed by atoms with Crippen molar-refractivity contribution in [2.45, 2.75) is 19.4 Å². The van der Waals surface area contributed by atoms with Gasteiger partial charge in [-0.25, -0.2) is 4.79 Å². The third kappa shape index (κ3) is 2.74. The zero-order valence-corrected chi connectivity index (χ0v) is 10.9. The quantitative estimate of drug-likeness (QED) is 0.825. The van der Waals surface area contributed by atoms with Gasteiger partial charge >= 0.3 is 12.4 Å². The number of methoxy groups -OCH3 is 1. The van der Waals surface area contributed by atoms with Crippen LogP contribution in [0.25, 0.3) is 0 Å². The summed E-state index contributed by atoms with van der Waals surface area (Å²) in [5.74, 6) is -2.04. The van der Waals surface area contributed by atoms with Gasteiger partial charge in [0, 0.05) is 11.4 Å². The number of nitrogens with one attached hydrogen (secondary N) is 2. The highest BCUT2D eigenvalue weighted by atomic mass is 32.1. The van der Waals surface area contributed by atoms with Crippen LogP contribution in [0.4, 0.5) is 13.8 Å². The summed E-state index contributed by atoms with van der Waals surface area (Å²) in [7, 11) is 1.21. The van der Waals surface area contributed by atoms with E-state index >= 15 is 0 Å².